The molecule has 17 heavy (non-hydrogen) atoms. The van der Waals surface area contributed by atoms with Crippen molar-refractivity contribution in [2.45, 2.75) is 18.9 Å². The van der Waals surface area contributed by atoms with Crippen LogP contribution in [0.3, 0.4) is 0 Å². The zero-order chi connectivity index (χ0) is 11.5. The topological polar surface area (TPSA) is 44.2 Å². The van der Waals surface area contributed by atoms with Crippen molar-refractivity contribution in [1.29, 1.82) is 0 Å². The maximum Gasteiger partial charge on any atom is 0.317 e. The summed E-state index contributed by atoms with van der Waals surface area (Å²) in [6.07, 6.45) is 4.16. The fourth-order valence-electron chi connectivity index (χ4n) is 1.97. The van der Waals surface area contributed by atoms with Crippen molar-refractivity contribution in [3.05, 3.63) is 30.5 Å². The molecule has 88 valence electrons. The van der Waals surface area contributed by atoms with Gasteiger partial charge < -0.3 is 9.47 Å². The van der Waals surface area contributed by atoms with Crippen LogP contribution >= 0.6 is 0 Å². The molecule has 0 spiro atoms. The second kappa shape index (κ2) is 4.67. The summed E-state index contributed by atoms with van der Waals surface area (Å²) in [5.41, 5.74) is 0.907. The van der Waals surface area contributed by atoms with Crippen LogP contribution in [0.2, 0.25) is 0 Å². The first kappa shape index (κ1) is 10.5. The summed E-state index contributed by atoms with van der Waals surface area (Å²) in [6, 6.07) is 8.30. The van der Waals surface area contributed by atoms with Gasteiger partial charge in [-0.2, -0.15) is 4.98 Å². The summed E-state index contributed by atoms with van der Waals surface area (Å²) in [5.74, 6) is 0. The summed E-state index contributed by atoms with van der Waals surface area (Å²) in [5, 5.41) is 1.02. The number of fused-ring (bicyclic) bond motifs is 1. The highest BCUT2D eigenvalue weighted by Crippen LogP contribution is 2.15. The van der Waals surface area contributed by atoms with Gasteiger partial charge in [0.05, 0.1) is 11.6 Å². The van der Waals surface area contributed by atoms with E-state index in [2.05, 4.69) is 9.97 Å². The Morgan fingerprint density at radius 1 is 1.35 bits per heavy atom. The molecule has 0 aliphatic carbocycles. The molecule has 4 heteroatoms. The van der Waals surface area contributed by atoms with Crippen molar-refractivity contribution in [1.82, 2.24) is 9.97 Å². The Labute approximate surface area is 99.6 Å². The maximum atomic E-state index is 5.55. The van der Waals surface area contributed by atoms with Crippen LogP contribution in [0.5, 0.6) is 6.01 Å². The third kappa shape index (κ3) is 2.36. The molecule has 0 saturated carbocycles. The van der Waals surface area contributed by atoms with Crippen molar-refractivity contribution in [3.8, 4) is 6.01 Å². The van der Waals surface area contributed by atoms with Crippen LogP contribution in [0.1, 0.15) is 12.8 Å². The van der Waals surface area contributed by atoms with E-state index in [0.29, 0.717) is 12.6 Å². The Bertz CT molecular complexity index is 510. The van der Waals surface area contributed by atoms with E-state index in [1.54, 1.807) is 6.20 Å². The third-order valence-electron chi connectivity index (χ3n) is 2.89. The number of hydrogen-bond acceptors (Lipinski definition) is 4. The van der Waals surface area contributed by atoms with E-state index in [1.165, 1.54) is 0 Å². The van der Waals surface area contributed by atoms with Crippen LogP contribution in [0, 0.1) is 0 Å². The first-order valence-electron chi connectivity index (χ1n) is 5.88. The van der Waals surface area contributed by atoms with Crippen molar-refractivity contribution in [2.75, 3.05) is 13.2 Å². The lowest BCUT2D eigenvalue weighted by Gasteiger charge is -2.09. The van der Waals surface area contributed by atoms with E-state index >= 15 is 0 Å². The quantitative estimate of drug-likeness (QED) is 0.810. The Kier molecular flexibility index (Phi) is 2.88. The van der Waals surface area contributed by atoms with Gasteiger partial charge in [0.2, 0.25) is 0 Å². The van der Waals surface area contributed by atoms with Gasteiger partial charge in [-0.05, 0) is 18.9 Å². The second-order valence-electron chi connectivity index (χ2n) is 4.16. The molecule has 0 N–H and O–H groups in total. The zero-order valence-corrected chi connectivity index (χ0v) is 9.50. The molecule has 0 radical (unpaired) electrons. The second-order valence-corrected chi connectivity index (χ2v) is 4.16. The summed E-state index contributed by atoms with van der Waals surface area (Å²) in [7, 11) is 0. The minimum absolute atomic E-state index is 0.199. The molecule has 1 aliphatic heterocycles. The molecular weight excluding hydrogens is 216 g/mol. The highest BCUT2D eigenvalue weighted by molar-refractivity contribution is 5.77. The summed E-state index contributed by atoms with van der Waals surface area (Å²) < 4.78 is 11.0. The molecule has 1 aromatic heterocycles. The maximum absolute atomic E-state index is 5.55. The van der Waals surface area contributed by atoms with Gasteiger partial charge in [0.1, 0.15) is 6.61 Å². The van der Waals surface area contributed by atoms with Crippen LogP contribution in [-0.2, 0) is 4.74 Å². The Morgan fingerprint density at radius 2 is 2.29 bits per heavy atom. The predicted molar refractivity (Wildman–Crippen MR) is 64.0 cm³/mol. The van der Waals surface area contributed by atoms with Crippen molar-refractivity contribution in [2.24, 2.45) is 0 Å². The van der Waals surface area contributed by atoms with Crippen LogP contribution in [0.25, 0.3) is 10.9 Å². The Hall–Kier alpha value is -1.68. The number of aromatic nitrogens is 2. The molecule has 1 aliphatic rings. The number of benzene rings is 1. The minimum Gasteiger partial charge on any atom is -0.461 e. The van der Waals surface area contributed by atoms with E-state index in [4.69, 9.17) is 9.47 Å². The molecule has 0 amide bonds. The van der Waals surface area contributed by atoms with Crippen molar-refractivity contribution < 1.29 is 9.47 Å². The first-order chi connectivity index (χ1) is 8.42. The summed E-state index contributed by atoms with van der Waals surface area (Å²) in [4.78, 5) is 8.53. The van der Waals surface area contributed by atoms with Gasteiger partial charge in [-0.15, -0.1) is 0 Å². The minimum atomic E-state index is 0.199. The SMILES string of the molecule is c1ccc2nc(OC[C@H]3CCCO3)ncc2c1. The number of para-hydroxylation sites is 1. The predicted octanol–water partition coefficient (Wildman–Crippen LogP) is 2.19. The van der Waals surface area contributed by atoms with Gasteiger partial charge in [-0.3, -0.25) is 0 Å². The third-order valence-corrected chi connectivity index (χ3v) is 2.89. The van der Waals surface area contributed by atoms with E-state index in [9.17, 15) is 0 Å². The molecule has 0 bridgehead atoms. The van der Waals surface area contributed by atoms with Crippen LogP contribution in [0.4, 0.5) is 0 Å². The fraction of sp³-hybridized carbons (Fsp3) is 0.385. The molecular formula is C13H14N2O2. The van der Waals surface area contributed by atoms with E-state index in [-0.39, 0.29) is 6.10 Å². The standard InChI is InChI=1S/C13H14N2O2/c1-2-6-12-10(4-1)8-14-13(15-12)17-9-11-5-3-7-16-11/h1-2,4,6,8,11H,3,5,7,9H2/t11-/m1/s1. The monoisotopic (exact) mass is 230 g/mol. The smallest absolute Gasteiger partial charge is 0.317 e. The normalized spacial score (nSPS) is 19.6. The highest BCUT2D eigenvalue weighted by Gasteiger charge is 2.16. The number of nitrogens with zero attached hydrogens (tertiary/aromatic N) is 2. The highest BCUT2D eigenvalue weighted by atomic mass is 16.5. The molecule has 4 nitrogen and oxygen atoms in total. The average Bonchev–Trinajstić information content (AvgIpc) is 2.89. The largest absolute Gasteiger partial charge is 0.461 e. The van der Waals surface area contributed by atoms with Crippen LogP contribution in [-0.4, -0.2) is 29.3 Å². The van der Waals surface area contributed by atoms with Crippen LogP contribution in [0.15, 0.2) is 30.5 Å². The molecule has 1 aromatic carbocycles. The fourth-order valence-corrected chi connectivity index (χ4v) is 1.97. The number of hydrogen-bond donors (Lipinski definition) is 0. The van der Waals surface area contributed by atoms with Crippen molar-refractivity contribution in [3.63, 3.8) is 0 Å². The molecule has 3 rings (SSSR count). The molecule has 1 fully saturated rings. The molecule has 0 unspecified atom stereocenters. The van der Waals surface area contributed by atoms with Gasteiger partial charge in [0.25, 0.3) is 0 Å². The summed E-state index contributed by atoms with van der Waals surface area (Å²) >= 11 is 0. The lowest BCUT2D eigenvalue weighted by molar-refractivity contribution is 0.0647. The van der Waals surface area contributed by atoms with Gasteiger partial charge in [-0.25, -0.2) is 4.98 Å². The number of ether oxygens (including phenoxy) is 2. The molecule has 1 atom stereocenters. The van der Waals surface area contributed by atoms with Gasteiger partial charge >= 0.3 is 6.01 Å². The molecule has 2 aromatic rings. The van der Waals surface area contributed by atoms with E-state index in [0.717, 1.165) is 30.4 Å². The van der Waals surface area contributed by atoms with Gasteiger partial charge in [0, 0.05) is 18.2 Å². The lowest BCUT2D eigenvalue weighted by atomic mass is 10.2. The molecule has 1 saturated heterocycles. The van der Waals surface area contributed by atoms with Gasteiger partial charge in [-0.1, -0.05) is 18.2 Å². The Balaban J connectivity index is 1.72. The van der Waals surface area contributed by atoms with Gasteiger partial charge in [0.15, 0.2) is 0 Å². The number of rotatable bonds is 3. The zero-order valence-electron chi connectivity index (χ0n) is 9.50. The van der Waals surface area contributed by atoms with Crippen LogP contribution < -0.4 is 4.74 Å². The Morgan fingerprint density at radius 3 is 3.18 bits per heavy atom. The van der Waals surface area contributed by atoms with E-state index < -0.39 is 0 Å². The van der Waals surface area contributed by atoms with Crippen molar-refractivity contribution >= 4 is 10.9 Å². The average molecular weight is 230 g/mol. The first-order valence-corrected chi connectivity index (χ1v) is 5.88. The lowest BCUT2D eigenvalue weighted by Crippen LogP contribution is -2.17. The molecule has 2 heterocycles. The van der Waals surface area contributed by atoms with E-state index in [1.807, 2.05) is 24.3 Å². The summed E-state index contributed by atoms with van der Waals surface area (Å²) in [6.45, 7) is 1.38.